The molecule has 0 saturated heterocycles. The zero-order valence-corrected chi connectivity index (χ0v) is 23.7. The normalized spacial score (nSPS) is 9.79. The van der Waals surface area contributed by atoms with Gasteiger partial charge in [-0.05, 0) is 12.8 Å². The molecule has 0 aromatic heterocycles. The second-order valence-corrected chi connectivity index (χ2v) is 7.82. The van der Waals surface area contributed by atoms with Crippen LogP contribution in [0, 0.1) is 0 Å². The summed E-state index contributed by atoms with van der Waals surface area (Å²) >= 11 is 7.92. The first-order valence-electron chi connectivity index (χ1n) is 11.1. The first kappa shape index (κ1) is 33.9. The van der Waals surface area contributed by atoms with Gasteiger partial charge in [-0.25, -0.2) is 0 Å². The molecule has 7 heteroatoms. The molecule has 0 rings (SSSR count). The quantitative estimate of drug-likeness (QED) is 0.0984. The van der Waals surface area contributed by atoms with Crippen LogP contribution in [0.3, 0.4) is 0 Å². The van der Waals surface area contributed by atoms with Crippen molar-refractivity contribution in [1.82, 2.24) is 0 Å². The summed E-state index contributed by atoms with van der Waals surface area (Å²) in [5.41, 5.74) is 0. The molecular formula is C22H44O4S2Zn. The van der Waals surface area contributed by atoms with E-state index in [1.54, 1.807) is 0 Å². The molecule has 0 N–H and O–H groups in total. The Balaban J connectivity index is -0.000000451. The van der Waals surface area contributed by atoms with Gasteiger partial charge in [0.15, 0.2) is 0 Å². The fourth-order valence-corrected chi connectivity index (χ4v) is 2.83. The molecule has 0 aliphatic carbocycles. The summed E-state index contributed by atoms with van der Waals surface area (Å²) in [7, 11) is 0. The van der Waals surface area contributed by atoms with Crippen molar-refractivity contribution >= 4 is 37.2 Å². The molecule has 0 amide bonds. The van der Waals surface area contributed by atoms with Crippen molar-refractivity contribution in [3.05, 3.63) is 0 Å². The second-order valence-electron chi connectivity index (χ2n) is 6.92. The fourth-order valence-electron chi connectivity index (χ4n) is 2.46. The minimum absolute atomic E-state index is 0. The summed E-state index contributed by atoms with van der Waals surface area (Å²) in [6, 6.07) is 0. The summed E-state index contributed by atoms with van der Waals surface area (Å²) in [6.07, 6.45) is 15.5. The van der Waals surface area contributed by atoms with Gasteiger partial charge < -0.3 is 9.47 Å². The van der Waals surface area contributed by atoms with Gasteiger partial charge in [-0.1, -0.05) is 78.1 Å². The van der Waals surface area contributed by atoms with Crippen LogP contribution in [0.2, 0.25) is 0 Å². The van der Waals surface area contributed by atoms with Gasteiger partial charge in [0.25, 0.3) is 0 Å². The molecule has 29 heavy (non-hydrogen) atoms. The summed E-state index contributed by atoms with van der Waals surface area (Å²) in [5, 5.41) is 0. The predicted octanol–water partition coefficient (Wildman–Crippen LogP) is 6.42. The van der Waals surface area contributed by atoms with Crippen molar-refractivity contribution in [2.24, 2.45) is 0 Å². The van der Waals surface area contributed by atoms with Crippen LogP contribution < -0.4 is 0 Å². The molecule has 0 heterocycles. The second kappa shape index (κ2) is 30.5. The Morgan fingerprint density at radius 1 is 0.586 bits per heavy atom. The Labute approximate surface area is 203 Å². The Morgan fingerprint density at radius 2 is 0.897 bits per heavy atom. The van der Waals surface area contributed by atoms with Crippen LogP contribution in [0.1, 0.15) is 104 Å². The molecule has 0 spiro atoms. The third kappa shape index (κ3) is 33.1. The van der Waals surface area contributed by atoms with Crippen molar-refractivity contribution in [3.8, 4) is 0 Å². The van der Waals surface area contributed by atoms with Gasteiger partial charge >= 0.3 is 11.9 Å². The van der Waals surface area contributed by atoms with Crippen molar-refractivity contribution in [2.45, 2.75) is 104 Å². The SMILES string of the molecule is CCCCCCCCOC(=O)CCS.CCCCCCCCOC(=O)CCS.[Zn]. The minimum Gasteiger partial charge on any atom is -0.466 e. The van der Waals surface area contributed by atoms with Crippen LogP contribution >= 0.6 is 25.3 Å². The van der Waals surface area contributed by atoms with Crippen LogP contribution in [0.15, 0.2) is 0 Å². The standard InChI is InChI=1S/2C11H22O2S.Zn/c2*1-2-3-4-5-6-7-9-13-11(12)8-10-14;/h2*14H,2-10H2,1H3;. The van der Waals surface area contributed by atoms with Crippen molar-refractivity contribution < 1.29 is 38.5 Å². The van der Waals surface area contributed by atoms with Crippen LogP contribution in [-0.2, 0) is 38.5 Å². The van der Waals surface area contributed by atoms with E-state index in [2.05, 4.69) is 39.1 Å². The Morgan fingerprint density at radius 3 is 1.21 bits per heavy atom. The average molecular weight is 502 g/mol. The van der Waals surface area contributed by atoms with Gasteiger partial charge in [-0.15, -0.1) is 0 Å². The molecule has 4 nitrogen and oxygen atoms in total. The molecule has 0 atom stereocenters. The summed E-state index contributed by atoms with van der Waals surface area (Å²) in [6.45, 7) is 5.58. The molecule has 0 fully saturated rings. The van der Waals surface area contributed by atoms with Gasteiger partial charge in [0.05, 0.1) is 26.1 Å². The first-order valence-corrected chi connectivity index (χ1v) is 12.4. The fraction of sp³-hybridized carbons (Fsp3) is 0.909. The number of carbonyl (C=O) groups excluding carboxylic acids is 2. The van der Waals surface area contributed by atoms with E-state index in [-0.39, 0.29) is 31.4 Å². The van der Waals surface area contributed by atoms with E-state index < -0.39 is 0 Å². The van der Waals surface area contributed by atoms with Gasteiger partial charge in [-0.2, -0.15) is 25.3 Å². The van der Waals surface area contributed by atoms with Crippen LogP contribution in [0.4, 0.5) is 0 Å². The Hall–Kier alpha value is 0.263. The van der Waals surface area contributed by atoms with E-state index in [1.165, 1.54) is 64.2 Å². The van der Waals surface area contributed by atoms with Crippen LogP contribution in [0.25, 0.3) is 0 Å². The molecule has 0 unspecified atom stereocenters. The number of esters is 2. The number of rotatable bonds is 18. The van der Waals surface area contributed by atoms with Crippen LogP contribution in [0.5, 0.6) is 0 Å². The molecule has 0 aliphatic rings. The molecule has 0 saturated carbocycles. The topological polar surface area (TPSA) is 52.6 Å². The van der Waals surface area contributed by atoms with Gasteiger partial charge in [0.1, 0.15) is 0 Å². The largest absolute Gasteiger partial charge is 0.466 e. The number of hydrogen-bond acceptors (Lipinski definition) is 6. The third-order valence-electron chi connectivity index (χ3n) is 4.15. The zero-order chi connectivity index (χ0) is 21.3. The number of ether oxygens (including phenoxy) is 2. The average Bonchev–Trinajstić information content (AvgIpc) is 2.67. The van der Waals surface area contributed by atoms with Crippen molar-refractivity contribution in [2.75, 3.05) is 24.7 Å². The number of hydrogen-bond donors (Lipinski definition) is 2. The number of unbranched alkanes of at least 4 members (excludes halogenated alkanes) is 10. The number of thiol groups is 2. The molecular weight excluding hydrogens is 458 g/mol. The molecule has 0 bridgehead atoms. The smallest absolute Gasteiger partial charge is 0.306 e. The third-order valence-corrected chi connectivity index (χ3v) is 4.60. The Bertz CT molecular complexity index is 313. The van der Waals surface area contributed by atoms with E-state index in [0.717, 1.165) is 12.8 Å². The predicted molar refractivity (Wildman–Crippen MR) is 126 cm³/mol. The summed E-state index contributed by atoms with van der Waals surface area (Å²) < 4.78 is 10.0. The summed E-state index contributed by atoms with van der Waals surface area (Å²) in [5.74, 6) is 0.923. The first-order chi connectivity index (χ1) is 13.6. The molecule has 0 aromatic rings. The maximum absolute atomic E-state index is 10.9. The van der Waals surface area contributed by atoms with E-state index in [4.69, 9.17) is 9.47 Å². The molecule has 0 aromatic carbocycles. The zero-order valence-electron chi connectivity index (χ0n) is 19.0. The van der Waals surface area contributed by atoms with E-state index in [0.29, 0.717) is 37.6 Å². The maximum Gasteiger partial charge on any atom is 0.306 e. The number of carbonyl (C=O) groups is 2. The molecule has 170 valence electrons. The summed E-state index contributed by atoms with van der Waals surface area (Å²) in [4.78, 5) is 21.8. The van der Waals surface area contributed by atoms with Gasteiger partial charge in [-0.3, -0.25) is 9.59 Å². The minimum atomic E-state index is -0.117. The molecule has 0 radical (unpaired) electrons. The van der Waals surface area contributed by atoms with Crippen molar-refractivity contribution in [1.29, 1.82) is 0 Å². The van der Waals surface area contributed by atoms with Crippen molar-refractivity contribution in [3.63, 3.8) is 0 Å². The van der Waals surface area contributed by atoms with E-state index >= 15 is 0 Å². The molecule has 0 aliphatic heterocycles. The maximum atomic E-state index is 10.9. The van der Waals surface area contributed by atoms with Gasteiger partial charge in [0, 0.05) is 31.0 Å². The monoisotopic (exact) mass is 500 g/mol. The Kier molecular flexibility index (Phi) is 35.6. The van der Waals surface area contributed by atoms with E-state index in [1.807, 2.05) is 0 Å². The van der Waals surface area contributed by atoms with Crippen LogP contribution in [-0.4, -0.2) is 36.7 Å². The van der Waals surface area contributed by atoms with Gasteiger partial charge in [0.2, 0.25) is 0 Å². The van der Waals surface area contributed by atoms with E-state index in [9.17, 15) is 9.59 Å².